The number of rotatable bonds is 4. The first kappa shape index (κ1) is 18.9. The SMILES string of the molecule is Cc1ccc(NC(=O)c2cc(S(=O)(=O)N3CCOCC3)cn2C)c(Cl)c1. The third-order valence-electron chi connectivity index (χ3n) is 4.19. The number of anilines is 1. The Balaban J connectivity index is 1.84. The molecule has 1 saturated heterocycles. The van der Waals surface area contributed by atoms with E-state index in [1.54, 1.807) is 19.2 Å². The highest BCUT2D eigenvalue weighted by atomic mass is 35.5. The molecule has 7 nitrogen and oxygen atoms in total. The van der Waals surface area contributed by atoms with Crippen LogP contribution in [0.1, 0.15) is 16.1 Å². The molecule has 1 aliphatic heterocycles. The second-order valence-corrected chi connectivity index (χ2v) is 8.47. The number of aromatic nitrogens is 1. The maximum atomic E-state index is 12.7. The van der Waals surface area contributed by atoms with Crippen molar-refractivity contribution in [2.75, 3.05) is 31.6 Å². The average molecular weight is 398 g/mol. The summed E-state index contributed by atoms with van der Waals surface area (Å²) in [4.78, 5) is 12.7. The number of benzene rings is 1. The van der Waals surface area contributed by atoms with Gasteiger partial charge in [0.25, 0.3) is 5.91 Å². The number of carbonyl (C=O) groups excluding carboxylic acids is 1. The van der Waals surface area contributed by atoms with Crippen LogP contribution < -0.4 is 5.32 Å². The standard InChI is InChI=1S/C17H20ClN3O4S/c1-12-3-4-15(14(18)9-12)19-17(22)16-10-13(11-20(16)2)26(23,24)21-5-7-25-8-6-21/h3-4,9-11H,5-8H2,1-2H3,(H,19,22). The molecular weight excluding hydrogens is 378 g/mol. The minimum absolute atomic E-state index is 0.0852. The molecular formula is C17H20ClN3O4S. The molecule has 140 valence electrons. The van der Waals surface area contributed by atoms with E-state index in [2.05, 4.69) is 5.32 Å². The van der Waals surface area contributed by atoms with Gasteiger partial charge in [0, 0.05) is 26.3 Å². The molecule has 0 bridgehead atoms. The molecule has 1 aromatic heterocycles. The molecule has 1 N–H and O–H groups in total. The maximum Gasteiger partial charge on any atom is 0.272 e. The van der Waals surface area contributed by atoms with Crippen LogP contribution >= 0.6 is 11.6 Å². The first-order valence-corrected chi connectivity index (χ1v) is 9.92. The molecule has 1 aliphatic rings. The van der Waals surface area contributed by atoms with E-state index in [9.17, 15) is 13.2 Å². The van der Waals surface area contributed by atoms with E-state index in [1.165, 1.54) is 21.1 Å². The predicted molar refractivity (Wildman–Crippen MR) is 99.1 cm³/mol. The van der Waals surface area contributed by atoms with Gasteiger partial charge in [-0.2, -0.15) is 4.31 Å². The predicted octanol–water partition coefficient (Wildman–Crippen LogP) is 2.26. The Morgan fingerprint density at radius 1 is 1.23 bits per heavy atom. The smallest absolute Gasteiger partial charge is 0.272 e. The van der Waals surface area contributed by atoms with Crippen molar-refractivity contribution in [3.8, 4) is 0 Å². The molecule has 1 fully saturated rings. The zero-order valence-corrected chi connectivity index (χ0v) is 16.1. The lowest BCUT2D eigenvalue weighted by Crippen LogP contribution is -2.40. The van der Waals surface area contributed by atoms with Gasteiger partial charge in [-0.1, -0.05) is 17.7 Å². The van der Waals surface area contributed by atoms with Gasteiger partial charge in [0.05, 0.1) is 23.9 Å². The molecule has 0 saturated carbocycles. The van der Waals surface area contributed by atoms with E-state index in [0.29, 0.717) is 37.0 Å². The number of hydrogen-bond donors (Lipinski definition) is 1. The molecule has 2 aromatic rings. The van der Waals surface area contributed by atoms with E-state index in [4.69, 9.17) is 16.3 Å². The van der Waals surface area contributed by atoms with Crippen molar-refractivity contribution < 1.29 is 17.9 Å². The summed E-state index contributed by atoms with van der Waals surface area (Å²) < 4.78 is 33.5. The number of nitrogens with one attached hydrogen (secondary N) is 1. The zero-order chi connectivity index (χ0) is 18.9. The molecule has 3 rings (SSSR count). The van der Waals surface area contributed by atoms with Crippen LogP contribution in [0.4, 0.5) is 5.69 Å². The zero-order valence-electron chi connectivity index (χ0n) is 14.5. The minimum Gasteiger partial charge on any atom is -0.379 e. The van der Waals surface area contributed by atoms with Crippen LogP contribution in [-0.4, -0.2) is 49.5 Å². The van der Waals surface area contributed by atoms with Gasteiger partial charge in [-0.15, -0.1) is 0 Å². The molecule has 0 spiro atoms. The van der Waals surface area contributed by atoms with Gasteiger partial charge in [0.2, 0.25) is 10.0 Å². The highest BCUT2D eigenvalue weighted by Gasteiger charge is 2.28. The van der Waals surface area contributed by atoms with E-state index in [-0.39, 0.29) is 10.6 Å². The highest BCUT2D eigenvalue weighted by molar-refractivity contribution is 7.89. The van der Waals surface area contributed by atoms with Crippen LogP contribution in [0.3, 0.4) is 0 Å². The van der Waals surface area contributed by atoms with Crippen molar-refractivity contribution in [2.45, 2.75) is 11.8 Å². The van der Waals surface area contributed by atoms with Crippen LogP contribution in [0.2, 0.25) is 5.02 Å². The number of nitrogens with zero attached hydrogens (tertiary/aromatic N) is 2. The summed E-state index contributed by atoms with van der Waals surface area (Å²) >= 11 is 6.14. The number of amides is 1. The normalized spacial score (nSPS) is 15.8. The number of carbonyl (C=O) groups is 1. The Morgan fingerprint density at radius 2 is 1.92 bits per heavy atom. The van der Waals surface area contributed by atoms with Crippen LogP contribution in [0.15, 0.2) is 35.4 Å². The van der Waals surface area contributed by atoms with Crippen LogP contribution in [-0.2, 0) is 21.8 Å². The maximum absolute atomic E-state index is 12.7. The van der Waals surface area contributed by atoms with Crippen molar-refractivity contribution in [3.63, 3.8) is 0 Å². The number of ether oxygens (including phenoxy) is 1. The first-order chi connectivity index (χ1) is 12.3. The highest BCUT2D eigenvalue weighted by Crippen LogP contribution is 2.24. The summed E-state index contributed by atoms with van der Waals surface area (Å²) in [6.45, 7) is 3.24. The van der Waals surface area contributed by atoms with Crippen LogP contribution in [0, 0.1) is 6.92 Å². The molecule has 2 heterocycles. The topological polar surface area (TPSA) is 80.6 Å². The van der Waals surface area contributed by atoms with Crippen LogP contribution in [0.5, 0.6) is 0 Å². The van der Waals surface area contributed by atoms with Gasteiger partial charge in [0.1, 0.15) is 10.6 Å². The Hall–Kier alpha value is -1.87. The summed E-state index contributed by atoms with van der Waals surface area (Å²) in [5, 5.41) is 3.14. The van der Waals surface area contributed by atoms with Crippen LogP contribution in [0.25, 0.3) is 0 Å². The molecule has 1 aromatic carbocycles. The van der Waals surface area contributed by atoms with E-state index in [0.717, 1.165) is 5.56 Å². The Morgan fingerprint density at radius 3 is 2.58 bits per heavy atom. The number of hydrogen-bond acceptors (Lipinski definition) is 4. The largest absolute Gasteiger partial charge is 0.379 e. The number of morpholine rings is 1. The number of aryl methyl sites for hydroxylation is 2. The Kier molecular flexibility index (Phi) is 5.38. The number of halogens is 1. The van der Waals surface area contributed by atoms with Gasteiger partial charge >= 0.3 is 0 Å². The number of sulfonamides is 1. The lowest BCUT2D eigenvalue weighted by molar-refractivity contribution is 0.0730. The second-order valence-electron chi connectivity index (χ2n) is 6.13. The van der Waals surface area contributed by atoms with E-state index >= 15 is 0 Å². The Bertz CT molecular complexity index is 933. The fourth-order valence-electron chi connectivity index (χ4n) is 2.74. The van der Waals surface area contributed by atoms with Gasteiger partial charge < -0.3 is 14.6 Å². The summed E-state index contributed by atoms with van der Waals surface area (Å²) in [5.41, 5.74) is 1.68. The fraction of sp³-hybridized carbons (Fsp3) is 0.353. The molecule has 0 aliphatic carbocycles. The second kappa shape index (κ2) is 7.40. The van der Waals surface area contributed by atoms with E-state index in [1.807, 2.05) is 13.0 Å². The van der Waals surface area contributed by atoms with E-state index < -0.39 is 15.9 Å². The summed E-state index contributed by atoms with van der Waals surface area (Å²) in [7, 11) is -2.03. The molecule has 0 radical (unpaired) electrons. The molecule has 1 amide bonds. The average Bonchev–Trinajstić information content (AvgIpc) is 3.01. The minimum atomic E-state index is -3.66. The van der Waals surface area contributed by atoms with Crippen molar-refractivity contribution >= 4 is 33.2 Å². The van der Waals surface area contributed by atoms with Gasteiger partial charge in [-0.05, 0) is 30.7 Å². The molecule has 0 atom stereocenters. The van der Waals surface area contributed by atoms with Gasteiger partial charge in [-0.25, -0.2) is 8.42 Å². The fourth-order valence-corrected chi connectivity index (χ4v) is 4.51. The van der Waals surface area contributed by atoms with Crippen molar-refractivity contribution in [1.29, 1.82) is 0 Å². The summed E-state index contributed by atoms with van der Waals surface area (Å²) in [6, 6.07) is 6.67. The van der Waals surface area contributed by atoms with Gasteiger partial charge in [-0.3, -0.25) is 4.79 Å². The molecule has 0 unspecified atom stereocenters. The third-order valence-corrected chi connectivity index (χ3v) is 6.37. The summed E-state index contributed by atoms with van der Waals surface area (Å²) in [6.07, 6.45) is 1.44. The lowest BCUT2D eigenvalue weighted by atomic mass is 10.2. The van der Waals surface area contributed by atoms with Crippen molar-refractivity contribution in [3.05, 3.63) is 46.7 Å². The molecule has 26 heavy (non-hydrogen) atoms. The quantitative estimate of drug-likeness (QED) is 0.858. The summed E-state index contributed by atoms with van der Waals surface area (Å²) in [5.74, 6) is -0.429. The lowest BCUT2D eigenvalue weighted by Gasteiger charge is -2.25. The van der Waals surface area contributed by atoms with Crippen molar-refractivity contribution in [1.82, 2.24) is 8.87 Å². The monoisotopic (exact) mass is 397 g/mol. The first-order valence-electron chi connectivity index (χ1n) is 8.11. The third kappa shape index (κ3) is 3.78. The van der Waals surface area contributed by atoms with Gasteiger partial charge in [0.15, 0.2) is 0 Å². The van der Waals surface area contributed by atoms with Crippen molar-refractivity contribution in [2.24, 2.45) is 7.05 Å². The Labute approximate surface area is 157 Å². The molecule has 9 heteroatoms.